The van der Waals surface area contributed by atoms with Crippen molar-refractivity contribution in [2.24, 2.45) is 0 Å². The van der Waals surface area contributed by atoms with Crippen LogP contribution in [0.3, 0.4) is 0 Å². The quantitative estimate of drug-likeness (QED) is 0.801. The van der Waals surface area contributed by atoms with Crippen molar-refractivity contribution in [3.8, 4) is 29.1 Å². The average molecular weight is 235 g/mol. The van der Waals surface area contributed by atoms with E-state index in [4.69, 9.17) is 15.3 Å². The molecule has 0 bridgehead atoms. The van der Waals surface area contributed by atoms with Crippen LogP contribution in [0, 0.1) is 22.7 Å². The smallest absolute Gasteiger partial charge is 0.164 e. The summed E-state index contributed by atoms with van der Waals surface area (Å²) in [7, 11) is 1.46. The molecule has 1 heterocycles. The fourth-order valence-electron chi connectivity index (χ4n) is 1.69. The zero-order chi connectivity index (χ0) is 13.0. The van der Waals surface area contributed by atoms with Crippen LogP contribution in [0.2, 0.25) is 0 Å². The van der Waals surface area contributed by atoms with Gasteiger partial charge in [-0.05, 0) is 0 Å². The Labute approximate surface area is 105 Å². The van der Waals surface area contributed by atoms with Gasteiger partial charge in [-0.2, -0.15) is 10.5 Å². The third-order valence-electron chi connectivity index (χ3n) is 2.52. The van der Waals surface area contributed by atoms with Crippen LogP contribution in [-0.4, -0.2) is 12.1 Å². The third-order valence-corrected chi connectivity index (χ3v) is 2.52. The van der Waals surface area contributed by atoms with Gasteiger partial charge in [0.2, 0.25) is 0 Å². The highest BCUT2D eigenvalue weighted by molar-refractivity contribution is 5.72. The van der Waals surface area contributed by atoms with Gasteiger partial charge in [0, 0.05) is 11.8 Å². The molecule has 4 heteroatoms. The van der Waals surface area contributed by atoms with E-state index in [0.29, 0.717) is 11.4 Å². The minimum Gasteiger partial charge on any atom is -0.493 e. The number of pyridine rings is 1. The first kappa shape index (κ1) is 11.6. The molecule has 0 saturated heterocycles. The third kappa shape index (κ3) is 1.88. The van der Waals surface area contributed by atoms with E-state index in [0.717, 1.165) is 5.56 Å². The van der Waals surface area contributed by atoms with Crippen LogP contribution in [0.4, 0.5) is 0 Å². The van der Waals surface area contributed by atoms with Gasteiger partial charge in [-0.1, -0.05) is 30.3 Å². The topological polar surface area (TPSA) is 69.7 Å². The molecule has 2 aromatic rings. The van der Waals surface area contributed by atoms with Gasteiger partial charge in [-0.25, -0.2) is 0 Å². The largest absolute Gasteiger partial charge is 0.493 e. The van der Waals surface area contributed by atoms with E-state index < -0.39 is 0 Å². The molecule has 1 aromatic heterocycles. The Bertz CT molecular complexity index is 651. The second-order valence-corrected chi connectivity index (χ2v) is 3.52. The zero-order valence-corrected chi connectivity index (χ0v) is 9.71. The molecular formula is C14H9N3O. The number of hydrogen-bond donors (Lipinski definition) is 0. The van der Waals surface area contributed by atoms with Crippen LogP contribution in [0.5, 0.6) is 5.75 Å². The Kier molecular flexibility index (Phi) is 3.22. The Morgan fingerprint density at radius 3 is 2.39 bits per heavy atom. The number of rotatable bonds is 2. The van der Waals surface area contributed by atoms with Crippen LogP contribution in [0.1, 0.15) is 11.1 Å². The minimum atomic E-state index is 0.217. The molecule has 2 rings (SSSR count). The molecule has 0 amide bonds. The van der Waals surface area contributed by atoms with Crippen molar-refractivity contribution in [1.82, 2.24) is 4.98 Å². The summed E-state index contributed by atoms with van der Waals surface area (Å²) in [6, 6.07) is 13.3. The summed E-state index contributed by atoms with van der Waals surface area (Å²) in [6.45, 7) is 0. The highest BCUT2D eigenvalue weighted by Crippen LogP contribution is 2.32. The molecule has 86 valence electrons. The first-order valence-corrected chi connectivity index (χ1v) is 5.24. The molecule has 0 atom stereocenters. The molecule has 0 radical (unpaired) electrons. The maximum Gasteiger partial charge on any atom is 0.164 e. The number of nitriles is 2. The molecule has 4 nitrogen and oxygen atoms in total. The monoisotopic (exact) mass is 235 g/mol. The van der Waals surface area contributed by atoms with Crippen LogP contribution in [-0.2, 0) is 0 Å². The second-order valence-electron chi connectivity index (χ2n) is 3.52. The summed E-state index contributed by atoms with van der Waals surface area (Å²) in [5.74, 6) is 0.336. The fourth-order valence-corrected chi connectivity index (χ4v) is 1.69. The Hall–Kier alpha value is -2.85. The maximum atomic E-state index is 9.12. The molecular weight excluding hydrogens is 226 g/mol. The van der Waals surface area contributed by atoms with Crippen molar-refractivity contribution in [3.05, 3.63) is 47.7 Å². The van der Waals surface area contributed by atoms with E-state index in [-0.39, 0.29) is 11.1 Å². The van der Waals surface area contributed by atoms with Crippen molar-refractivity contribution in [3.63, 3.8) is 0 Å². The van der Waals surface area contributed by atoms with Gasteiger partial charge in [0.05, 0.1) is 12.7 Å². The van der Waals surface area contributed by atoms with Crippen LogP contribution in [0.15, 0.2) is 36.5 Å². The van der Waals surface area contributed by atoms with Crippen LogP contribution in [0.25, 0.3) is 11.3 Å². The zero-order valence-electron chi connectivity index (χ0n) is 9.71. The van der Waals surface area contributed by atoms with E-state index in [1.165, 1.54) is 13.3 Å². The van der Waals surface area contributed by atoms with Crippen LogP contribution >= 0.6 is 0 Å². The number of nitrogens with zero attached hydrogens (tertiary/aromatic N) is 3. The van der Waals surface area contributed by atoms with E-state index in [9.17, 15) is 0 Å². The van der Waals surface area contributed by atoms with Gasteiger partial charge in [0.15, 0.2) is 5.75 Å². The van der Waals surface area contributed by atoms with Gasteiger partial charge in [-0.15, -0.1) is 0 Å². The lowest BCUT2D eigenvalue weighted by Gasteiger charge is -2.09. The molecule has 0 N–H and O–H groups in total. The number of hydrogen-bond acceptors (Lipinski definition) is 4. The Balaban J connectivity index is 2.72. The molecule has 18 heavy (non-hydrogen) atoms. The molecule has 1 aromatic carbocycles. The van der Waals surface area contributed by atoms with Gasteiger partial charge in [0.1, 0.15) is 23.4 Å². The normalized spacial score (nSPS) is 9.28. The van der Waals surface area contributed by atoms with Crippen molar-refractivity contribution >= 4 is 0 Å². The predicted molar refractivity (Wildman–Crippen MR) is 65.7 cm³/mol. The number of methoxy groups -OCH3 is 1. The van der Waals surface area contributed by atoms with Gasteiger partial charge < -0.3 is 4.74 Å². The van der Waals surface area contributed by atoms with Crippen molar-refractivity contribution < 1.29 is 4.74 Å². The SMILES string of the molecule is COc1c(-c2ccccc2)ncc(C#N)c1C#N. The summed E-state index contributed by atoms with van der Waals surface area (Å²) in [6.07, 6.45) is 1.39. The first-order chi connectivity index (χ1) is 8.81. The summed E-state index contributed by atoms with van der Waals surface area (Å²) in [5, 5.41) is 18.1. The minimum absolute atomic E-state index is 0.217. The molecule has 0 aliphatic heterocycles. The van der Waals surface area contributed by atoms with Crippen molar-refractivity contribution in [1.29, 1.82) is 10.5 Å². The fraction of sp³-hybridized carbons (Fsp3) is 0.0714. The number of benzene rings is 1. The summed E-state index contributed by atoms with van der Waals surface area (Å²) >= 11 is 0. The van der Waals surface area contributed by atoms with Gasteiger partial charge in [-0.3, -0.25) is 4.98 Å². The summed E-state index contributed by atoms with van der Waals surface area (Å²) in [5.41, 5.74) is 1.84. The summed E-state index contributed by atoms with van der Waals surface area (Å²) in [4.78, 5) is 4.20. The molecule has 0 fully saturated rings. The molecule has 0 aliphatic carbocycles. The maximum absolute atomic E-state index is 9.12. The van der Waals surface area contributed by atoms with E-state index in [1.54, 1.807) is 0 Å². The highest BCUT2D eigenvalue weighted by Gasteiger charge is 2.16. The molecule has 0 aliphatic rings. The number of aromatic nitrogens is 1. The van der Waals surface area contributed by atoms with E-state index in [1.807, 2.05) is 42.5 Å². The first-order valence-electron chi connectivity index (χ1n) is 5.24. The highest BCUT2D eigenvalue weighted by atomic mass is 16.5. The van der Waals surface area contributed by atoms with Crippen molar-refractivity contribution in [2.45, 2.75) is 0 Å². The van der Waals surface area contributed by atoms with Crippen molar-refractivity contribution in [2.75, 3.05) is 7.11 Å². The van der Waals surface area contributed by atoms with E-state index >= 15 is 0 Å². The second kappa shape index (κ2) is 4.99. The number of ether oxygens (including phenoxy) is 1. The van der Waals surface area contributed by atoms with Crippen LogP contribution < -0.4 is 4.74 Å². The van der Waals surface area contributed by atoms with E-state index in [2.05, 4.69) is 4.98 Å². The Morgan fingerprint density at radius 1 is 1.11 bits per heavy atom. The standard InChI is InChI=1S/C14H9N3O/c1-18-14-12(8-16)11(7-15)9-17-13(14)10-5-3-2-4-6-10/h2-6,9H,1H3. The lowest BCUT2D eigenvalue weighted by Crippen LogP contribution is -1.98. The summed E-state index contributed by atoms with van der Waals surface area (Å²) < 4.78 is 5.23. The molecule has 0 spiro atoms. The predicted octanol–water partition coefficient (Wildman–Crippen LogP) is 2.50. The Morgan fingerprint density at radius 2 is 1.83 bits per heavy atom. The average Bonchev–Trinajstić information content (AvgIpc) is 2.46. The van der Waals surface area contributed by atoms with Gasteiger partial charge >= 0.3 is 0 Å². The lowest BCUT2D eigenvalue weighted by atomic mass is 10.0. The van der Waals surface area contributed by atoms with Gasteiger partial charge in [0.25, 0.3) is 0 Å². The molecule has 0 unspecified atom stereocenters. The molecule has 0 saturated carbocycles. The lowest BCUT2D eigenvalue weighted by molar-refractivity contribution is 0.413.